The van der Waals surface area contributed by atoms with Crippen molar-refractivity contribution in [3.8, 4) is 0 Å². The lowest BCUT2D eigenvalue weighted by atomic mass is 10.2. The quantitative estimate of drug-likeness (QED) is 0.115. The highest BCUT2D eigenvalue weighted by atomic mass is 31.2. The lowest BCUT2D eigenvalue weighted by Crippen LogP contribution is -2.45. The van der Waals surface area contributed by atoms with Gasteiger partial charge in [0.25, 0.3) is 0 Å². The van der Waals surface area contributed by atoms with Crippen LogP contribution >= 0.6 is 14.5 Å². The van der Waals surface area contributed by atoms with Crippen LogP contribution in [0.25, 0.3) is 0 Å². The Kier molecular flexibility index (Phi) is 9.56. The fourth-order valence-electron chi connectivity index (χ4n) is 6.88. The van der Waals surface area contributed by atoms with Crippen molar-refractivity contribution in [1.82, 2.24) is 0 Å². The molecule has 2 atom stereocenters. The molecular weight excluding hydrogens is 586 g/mol. The van der Waals surface area contributed by atoms with Gasteiger partial charge in [0.1, 0.15) is 57.7 Å². The minimum absolute atomic E-state index is 0.409. The Bertz CT molecular complexity index is 1470. The van der Waals surface area contributed by atoms with Gasteiger partial charge in [0, 0.05) is 6.42 Å². The van der Waals surface area contributed by atoms with Crippen LogP contribution in [0, 0.1) is 0 Å². The van der Waals surface area contributed by atoms with Crippen molar-refractivity contribution in [1.29, 1.82) is 0 Å². The second-order valence-electron chi connectivity index (χ2n) is 11.1. The van der Waals surface area contributed by atoms with Gasteiger partial charge in [0.15, 0.2) is 12.6 Å². The van der Waals surface area contributed by atoms with Gasteiger partial charge in [-0.3, -0.25) is 9.59 Å². The molecule has 45 heavy (non-hydrogen) atoms. The second-order valence-corrected chi connectivity index (χ2v) is 18.4. The van der Waals surface area contributed by atoms with Gasteiger partial charge < -0.3 is 0 Å². The number of carbonyl (C=O) groups is 2. The van der Waals surface area contributed by atoms with Gasteiger partial charge in [-0.2, -0.15) is 0 Å². The summed E-state index contributed by atoms with van der Waals surface area (Å²) in [6, 6.07) is 62.8. The second kappa shape index (κ2) is 14.1. The molecule has 6 aromatic rings. The summed E-state index contributed by atoms with van der Waals surface area (Å²) in [5.74, 6) is 0. The van der Waals surface area contributed by atoms with Gasteiger partial charge >= 0.3 is 0 Å². The van der Waals surface area contributed by atoms with Crippen molar-refractivity contribution < 1.29 is 9.59 Å². The Labute approximate surface area is 267 Å². The van der Waals surface area contributed by atoms with Crippen molar-refractivity contribution in [2.45, 2.75) is 17.7 Å². The van der Waals surface area contributed by atoms with E-state index in [-0.39, 0.29) is 0 Å². The highest BCUT2D eigenvalue weighted by Gasteiger charge is 2.59. The van der Waals surface area contributed by atoms with Crippen LogP contribution in [0.15, 0.2) is 182 Å². The molecule has 0 saturated carbocycles. The lowest BCUT2D eigenvalue weighted by Gasteiger charge is -2.36. The maximum Gasteiger partial charge on any atom is 0.161 e. The monoisotopic (exact) mass is 622 g/mol. The number of hydrogen-bond donors (Lipinski definition) is 0. The largest absolute Gasteiger partial charge is 0.299 e. The summed E-state index contributed by atoms with van der Waals surface area (Å²) in [5, 5.41) is 6.79. The first-order chi connectivity index (χ1) is 22.3. The third-order valence-corrected chi connectivity index (χ3v) is 18.1. The smallest absolute Gasteiger partial charge is 0.161 e. The zero-order valence-electron chi connectivity index (χ0n) is 25.0. The van der Waals surface area contributed by atoms with Gasteiger partial charge in [0.2, 0.25) is 0 Å². The zero-order chi connectivity index (χ0) is 31.0. The Morgan fingerprint density at radius 2 is 0.511 bits per heavy atom. The highest BCUT2D eigenvalue weighted by Crippen LogP contribution is 2.65. The van der Waals surface area contributed by atoms with E-state index in [1.807, 2.05) is 36.4 Å². The van der Waals surface area contributed by atoms with Crippen LogP contribution in [0.4, 0.5) is 0 Å². The van der Waals surface area contributed by atoms with Gasteiger partial charge in [0.05, 0.1) is 0 Å². The van der Waals surface area contributed by atoms with Crippen LogP contribution in [0.5, 0.6) is 0 Å². The van der Waals surface area contributed by atoms with E-state index in [1.165, 1.54) is 0 Å². The zero-order valence-corrected chi connectivity index (χ0v) is 26.8. The van der Waals surface area contributed by atoms with E-state index in [2.05, 4.69) is 146 Å². The SMILES string of the molecule is O=CC(CC(C=O)[P+](c1ccccc1)(c1ccccc1)c1ccccc1)[P+](c1ccccc1)(c1ccccc1)c1ccccc1. The average molecular weight is 623 g/mol. The van der Waals surface area contributed by atoms with Crippen molar-refractivity contribution in [2.24, 2.45) is 0 Å². The molecule has 0 aliphatic carbocycles. The fraction of sp³-hybridized carbons (Fsp3) is 0.0732. The Hall–Kier alpha value is -4.48. The summed E-state index contributed by atoms with van der Waals surface area (Å²) < 4.78 is 0. The molecule has 4 heteroatoms. The van der Waals surface area contributed by atoms with E-state index in [9.17, 15) is 9.59 Å². The number of aldehydes is 2. The standard InChI is InChI=1S/C41H36O2P2/c42-32-40(44(34-19-7-1-8-20-34,35-21-9-2-10-22-35)36-23-11-3-12-24-36)31-41(33-43)45(37-25-13-4-14-26-37,38-27-15-5-16-28-38)39-29-17-6-18-30-39/h1-30,32-33,40-41H,31H2/q+2. The minimum Gasteiger partial charge on any atom is -0.299 e. The molecule has 2 unspecified atom stereocenters. The molecule has 6 aromatic carbocycles. The number of rotatable bonds is 12. The van der Waals surface area contributed by atoms with Gasteiger partial charge in [-0.15, -0.1) is 0 Å². The molecule has 0 amide bonds. The van der Waals surface area contributed by atoms with E-state index in [0.717, 1.165) is 44.4 Å². The number of benzene rings is 6. The van der Waals surface area contributed by atoms with Gasteiger partial charge in [-0.25, -0.2) is 0 Å². The Morgan fingerprint density at radius 1 is 0.333 bits per heavy atom. The molecule has 0 spiro atoms. The molecule has 0 aliphatic rings. The molecule has 2 nitrogen and oxygen atoms in total. The molecule has 220 valence electrons. The van der Waals surface area contributed by atoms with Crippen molar-refractivity contribution in [2.75, 3.05) is 0 Å². The predicted octanol–water partition coefficient (Wildman–Crippen LogP) is 6.50. The maximum atomic E-state index is 13.8. The number of hydrogen-bond acceptors (Lipinski definition) is 2. The van der Waals surface area contributed by atoms with E-state index < -0.39 is 25.8 Å². The summed E-state index contributed by atoms with van der Waals surface area (Å²) in [6.45, 7) is 0. The molecule has 0 aromatic heterocycles. The van der Waals surface area contributed by atoms with Crippen LogP contribution < -0.4 is 31.8 Å². The van der Waals surface area contributed by atoms with Crippen LogP contribution in [-0.2, 0) is 9.59 Å². The normalized spacial score (nSPS) is 13.0. The van der Waals surface area contributed by atoms with Crippen LogP contribution in [0.2, 0.25) is 0 Å². The molecule has 0 radical (unpaired) electrons. The van der Waals surface area contributed by atoms with E-state index >= 15 is 0 Å². The molecule has 0 aliphatic heterocycles. The minimum atomic E-state index is -2.58. The molecule has 0 bridgehead atoms. The van der Waals surface area contributed by atoms with Gasteiger partial charge in [-0.05, 0) is 72.8 Å². The van der Waals surface area contributed by atoms with E-state index in [4.69, 9.17) is 0 Å². The topological polar surface area (TPSA) is 34.1 Å². The molecule has 0 N–H and O–H groups in total. The lowest BCUT2D eigenvalue weighted by molar-refractivity contribution is -0.108. The Morgan fingerprint density at radius 3 is 0.667 bits per heavy atom. The molecule has 6 rings (SSSR count). The van der Waals surface area contributed by atoms with Crippen LogP contribution in [0.3, 0.4) is 0 Å². The van der Waals surface area contributed by atoms with E-state index in [1.54, 1.807) is 0 Å². The molecule has 0 saturated heterocycles. The third-order valence-electron chi connectivity index (χ3n) is 8.77. The first-order valence-electron chi connectivity index (χ1n) is 15.3. The summed E-state index contributed by atoms with van der Waals surface area (Å²) in [6.07, 6.45) is 2.70. The van der Waals surface area contributed by atoms with Gasteiger partial charge in [-0.1, -0.05) is 109 Å². The van der Waals surface area contributed by atoms with Crippen molar-refractivity contribution in [3.05, 3.63) is 182 Å². The summed E-state index contributed by atoms with van der Waals surface area (Å²) in [4.78, 5) is 27.6. The third kappa shape index (κ3) is 5.62. The predicted molar refractivity (Wildman–Crippen MR) is 195 cm³/mol. The van der Waals surface area contributed by atoms with Crippen molar-refractivity contribution in [3.63, 3.8) is 0 Å². The number of carbonyl (C=O) groups excluding carboxylic acids is 2. The molecule has 0 fully saturated rings. The van der Waals surface area contributed by atoms with Crippen LogP contribution in [-0.4, -0.2) is 23.9 Å². The summed E-state index contributed by atoms with van der Waals surface area (Å²) in [5.41, 5.74) is -0.897. The summed E-state index contributed by atoms with van der Waals surface area (Å²) in [7, 11) is -5.17. The average Bonchev–Trinajstić information content (AvgIpc) is 3.13. The molecular formula is C41H36O2P2+2. The van der Waals surface area contributed by atoms with Crippen LogP contribution in [0.1, 0.15) is 6.42 Å². The Balaban J connectivity index is 1.64. The fourth-order valence-corrected chi connectivity index (χ4v) is 16.4. The summed E-state index contributed by atoms with van der Waals surface area (Å²) >= 11 is 0. The van der Waals surface area contributed by atoms with Crippen molar-refractivity contribution >= 4 is 58.9 Å². The first kappa shape index (κ1) is 30.5. The highest BCUT2D eigenvalue weighted by molar-refractivity contribution is 7.98. The first-order valence-corrected chi connectivity index (χ1v) is 19.0. The maximum absolute atomic E-state index is 13.8. The molecule has 0 heterocycles. The van der Waals surface area contributed by atoms with E-state index in [0.29, 0.717) is 6.42 Å².